The van der Waals surface area contributed by atoms with Crippen LogP contribution in [0.5, 0.6) is 0 Å². The highest BCUT2D eigenvalue weighted by molar-refractivity contribution is 6.10. The molecule has 0 unspecified atom stereocenters. The van der Waals surface area contributed by atoms with Gasteiger partial charge in [0.05, 0.1) is 17.5 Å². The Balaban J connectivity index is 1.60. The average molecular weight is 360 g/mol. The maximum atomic E-state index is 12.5. The maximum absolute atomic E-state index is 12.5. The summed E-state index contributed by atoms with van der Waals surface area (Å²) in [6, 6.07) is 13.4. The fraction of sp³-hybridized carbons (Fsp3) is 0.0526. The number of aromatic amines is 1. The van der Waals surface area contributed by atoms with Gasteiger partial charge in [-0.05, 0) is 6.07 Å². The van der Waals surface area contributed by atoms with Crippen molar-refractivity contribution in [3.05, 3.63) is 72.3 Å². The van der Waals surface area contributed by atoms with Gasteiger partial charge in [0.2, 0.25) is 0 Å². The smallest absolute Gasteiger partial charge is 0.274 e. The zero-order chi connectivity index (χ0) is 18.8. The van der Waals surface area contributed by atoms with Crippen molar-refractivity contribution in [3.63, 3.8) is 0 Å². The highest BCUT2D eigenvalue weighted by Crippen LogP contribution is 2.21. The van der Waals surface area contributed by atoms with Crippen molar-refractivity contribution >= 4 is 23.1 Å². The minimum absolute atomic E-state index is 0.0996. The number of nitrogens with one attached hydrogen (secondary N) is 3. The summed E-state index contributed by atoms with van der Waals surface area (Å²) in [6.07, 6.45) is 5.06. The number of amides is 2. The number of carbonyl (C=O) groups is 2. The largest absolute Gasteiger partial charge is 0.355 e. The molecule has 3 heterocycles. The molecule has 0 spiro atoms. The molecule has 4 aromatic rings. The number of aromatic nitrogens is 4. The van der Waals surface area contributed by atoms with Gasteiger partial charge in [-0.2, -0.15) is 5.10 Å². The second-order valence-corrected chi connectivity index (χ2v) is 5.86. The van der Waals surface area contributed by atoms with Crippen molar-refractivity contribution in [2.75, 3.05) is 12.4 Å². The van der Waals surface area contributed by atoms with Gasteiger partial charge in [0, 0.05) is 36.8 Å². The summed E-state index contributed by atoms with van der Waals surface area (Å²) in [6.45, 7) is 0. The number of carbonyl (C=O) groups excluding carboxylic acids is 2. The maximum Gasteiger partial charge on any atom is 0.274 e. The lowest BCUT2D eigenvalue weighted by molar-refractivity contribution is 0.0948. The highest BCUT2D eigenvalue weighted by atomic mass is 16.2. The normalized spacial score (nSPS) is 10.7. The van der Waals surface area contributed by atoms with E-state index in [1.807, 2.05) is 47.1 Å². The number of nitrogens with zero attached hydrogens (tertiary/aromatic N) is 3. The summed E-state index contributed by atoms with van der Waals surface area (Å²) < 4.78 is 1.88. The standard InChI is InChI=1S/C19H16N6O2/c1-20-18(26)14-10-21-24-17(14)19(27)22-13-7-8-25-11-15(23-16(25)9-13)12-5-3-2-4-6-12/h2-11H,1H3,(H,20,26)(H,21,24)(H,22,27). The summed E-state index contributed by atoms with van der Waals surface area (Å²) in [7, 11) is 1.49. The van der Waals surface area contributed by atoms with Gasteiger partial charge in [0.15, 0.2) is 0 Å². The number of pyridine rings is 1. The number of benzene rings is 1. The fourth-order valence-corrected chi connectivity index (χ4v) is 2.77. The van der Waals surface area contributed by atoms with Crippen LogP contribution in [0.1, 0.15) is 20.8 Å². The third kappa shape index (κ3) is 3.15. The minimum Gasteiger partial charge on any atom is -0.355 e. The summed E-state index contributed by atoms with van der Waals surface area (Å²) in [5.74, 6) is -0.838. The van der Waals surface area contributed by atoms with Gasteiger partial charge in [-0.3, -0.25) is 14.7 Å². The molecule has 8 nitrogen and oxygen atoms in total. The Bertz CT molecular complexity index is 1130. The van der Waals surface area contributed by atoms with Gasteiger partial charge >= 0.3 is 0 Å². The number of hydrogen-bond donors (Lipinski definition) is 3. The van der Waals surface area contributed by atoms with Crippen LogP contribution in [0.2, 0.25) is 0 Å². The van der Waals surface area contributed by atoms with Gasteiger partial charge in [-0.1, -0.05) is 30.3 Å². The molecule has 27 heavy (non-hydrogen) atoms. The molecule has 0 radical (unpaired) electrons. The zero-order valence-corrected chi connectivity index (χ0v) is 14.4. The SMILES string of the molecule is CNC(=O)c1cn[nH]c1C(=O)Nc1ccn2cc(-c3ccccc3)nc2c1. The molecule has 0 fully saturated rings. The van der Waals surface area contributed by atoms with Crippen molar-refractivity contribution in [2.45, 2.75) is 0 Å². The molecule has 0 atom stereocenters. The first-order valence-corrected chi connectivity index (χ1v) is 8.26. The number of H-pyrrole nitrogens is 1. The summed E-state index contributed by atoms with van der Waals surface area (Å²) >= 11 is 0. The van der Waals surface area contributed by atoms with Crippen LogP contribution in [0.4, 0.5) is 5.69 Å². The molecule has 4 rings (SSSR count). The third-order valence-corrected chi connectivity index (χ3v) is 4.13. The van der Waals surface area contributed by atoms with E-state index in [2.05, 4.69) is 25.8 Å². The summed E-state index contributed by atoms with van der Waals surface area (Å²) in [5.41, 5.74) is 3.40. The van der Waals surface area contributed by atoms with E-state index in [0.29, 0.717) is 11.3 Å². The van der Waals surface area contributed by atoms with Gasteiger partial charge in [0.25, 0.3) is 11.8 Å². The Morgan fingerprint density at radius 3 is 2.70 bits per heavy atom. The average Bonchev–Trinajstić information content (AvgIpc) is 3.35. The zero-order valence-electron chi connectivity index (χ0n) is 14.4. The molecule has 0 aliphatic carbocycles. The van der Waals surface area contributed by atoms with E-state index in [-0.39, 0.29) is 17.2 Å². The fourth-order valence-electron chi connectivity index (χ4n) is 2.77. The molecule has 2 amide bonds. The van der Waals surface area contributed by atoms with Crippen LogP contribution < -0.4 is 10.6 Å². The van der Waals surface area contributed by atoms with Crippen molar-refractivity contribution < 1.29 is 9.59 Å². The first-order chi connectivity index (χ1) is 13.2. The van der Waals surface area contributed by atoms with E-state index >= 15 is 0 Å². The number of anilines is 1. The predicted molar refractivity (Wildman–Crippen MR) is 101 cm³/mol. The Kier molecular flexibility index (Phi) is 4.13. The lowest BCUT2D eigenvalue weighted by Gasteiger charge is -2.05. The first kappa shape index (κ1) is 16.5. The molecule has 3 N–H and O–H groups in total. The first-order valence-electron chi connectivity index (χ1n) is 8.26. The number of rotatable bonds is 4. The Hall–Kier alpha value is -3.94. The highest BCUT2D eigenvalue weighted by Gasteiger charge is 2.19. The minimum atomic E-state index is -0.453. The molecule has 0 saturated carbocycles. The Morgan fingerprint density at radius 2 is 1.93 bits per heavy atom. The van der Waals surface area contributed by atoms with Crippen LogP contribution in [-0.2, 0) is 0 Å². The van der Waals surface area contributed by atoms with E-state index in [0.717, 1.165) is 11.3 Å². The molecule has 0 saturated heterocycles. The lowest BCUT2D eigenvalue weighted by atomic mass is 10.2. The quantitative estimate of drug-likeness (QED) is 0.519. The third-order valence-electron chi connectivity index (χ3n) is 4.13. The van der Waals surface area contributed by atoms with Crippen molar-refractivity contribution in [1.82, 2.24) is 24.9 Å². The van der Waals surface area contributed by atoms with Crippen molar-refractivity contribution in [2.24, 2.45) is 0 Å². The van der Waals surface area contributed by atoms with E-state index in [9.17, 15) is 9.59 Å². The topological polar surface area (TPSA) is 104 Å². The van der Waals surface area contributed by atoms with Crippen LogP contribution in [-0.4, -0.2) is 38.4 Å². The van der Waals surface area contributed by atoms with Crippen molar-refractivity contribution in [1.29, 1.82) is 0 Å². The molecule has 0 aliphatic rings. The van der Waals surface area contributed by atoms with Crippen LogP contribution in [0, 0.1) is 0 Å². The lowest BCUT2D eigenvalue weighted by Crippen LogP contribution is -2.22. The van der Waals surface area contributed by atoms with Gasteiger partial charge in [0.1, 0.15) is 11.3 Å². The molecule has 8 heteroatoms. The molecule has 134 valence electrons. The molecule has 0 bridgehead atoms. The second kappa shape index (κ2) is 6.75. The monoisotopic (exact) mass is 360 g/mol. The van der Waals surface area contributed by atoms with Gasteiger partial charge < -0.3 is 15.0 Å². The predicted octanol–water partition coefficient (Wildman–Crippen LogP) is 2.34. The van der Waals surface area contributed by atoms with Crippen LogP contribution in [0.3, 0.4) is 0 Å². The van der Waals surface area contributed by atoms with Gasteiger partial charge in [-0.25, -0.2) is 4.98 Å². The number of fused-ring (bicyclic) bond motifs is 1. The Morgan fingerprint density at radius 1 is 1.11 bits per heavy atom. The molecule has 0 aliphatic heterocycles. The van der Waals surface area contributed by atoms with E-state index in [1.165, 1.54) is 13.2 Å². The summed E-state index contributed by atoms with van der Waals surface area (Å²) in [5, 5.41) is 11.6. The van der Waals surface area contributed by atoms with E-state index in [4.69, 9.17) is 0 Å². The van der Waals surface area contributed by atoms with Crippen LogP contribution in [0.15, 0.2) is 61.1 Å². The molecular formula is C19H16N6O2. The number of imidazole rings is 1. The van der Waals surface area contributed by atoms with Crippen LogP contribution >= 0.6 is 0 Å². The van der Waals surface area contributed by atoms with Crippen LogP contribution in [0.25, 0.3) is 16.9 Å². The second-order valence-electron chi connectivity index (χ2n) is 5.86. The van der Waals surface area contributed by atoms with E-state index in [1.54, 1.807) is 12.1 Å². The molecular weight excluding hydrogens is 344 g/mol. The molecule has 3 aromatic heterocycles. The van der Waals surface area contributed by atoms with Crippen molar-refractivity contribution in [3.8, 4) is 11.3 Å². The van der Waals surface area contributed by atoms with E-state index < -0.39 is 5.91 Å². The Labute approximate surface area is 154 Å². The summed E-state index contributed by atoms with van der Waals surface area (Å²) in [4.78, 5) is 28.9. The molecule has 1 aromatic carbocycles. The van der Waals surface area contributed by atoms with Gasteiger partial charge in [-0.15, -0.1) is 0 Å². The number of hydrogen-bond acceptors (Lipinski definition) is 4.